The number of likely N-dealkylation sites (N-methyl/N-ethyl adjacent to an activating group) is 1. The monoisotopic (exact) mass is 274 g/mol. The molecule has 2 nitrogen and oxygen atoms in total. The highest BCUT2D eigenvalue weighted by molar-refractivity contribution is 7.10. The lowest BCUT2D eigenvalue weighted by molar-refractivity contribution is 0.205. The van der Waals surface area contributed by atoms with Crippen LogP contribution in [0.25, 0.3) is 0 Å². The van der Waals surface area contributed by atoms with Gasteiger partial charge in [-0.15, -0.1) is 11.3 Å². The molecule has 1 heterocycles. The quantitative estimate of drug-likeness (QED) is 0.871. The lowest BCUT2D eigenvalue weighted by atomic mass is 10.0. The van der Waals surface area contributed by atoms with Crippen LogP contribution >= 0.6 is 11.3 Å². The van der Waals surface area contributed by atoms with E-state index in [0.29, 0.717) is 6.04 Å². The molecule has 0 amide bonds. The van der Waals surface area contributed by atoms with Gasteiger partial charge in [-0.1, -0.05) is 43.3 Å². The van der Waals surface area contributed by atoms with E-state index >= 15 is 0 Å². The Morgan fingerprint density at radius 3 is 2.47 bits per heavy atom. The van der Waals surface area contributed by atoms with E-state index in [1.165, 1.54) is 10.4 Å². The average molecular weight is 274 g/mol. The maximum atomic E-state index is 6.33. The molecule has 0 radical (unpaired) electrons. The Hall–Kier alpha value is -1.16. The molecule has 2 unspecified atom stereocenters. The van der Waals surface area contributed by atoms with Gasteiger partial charge in [-0.2, -0.15) is 0 Å². The Labute approximate surface area is 119 Å². The molecule has 0 saturated carbocycles. The molecular formula is C16H22N2S. The van der Waals surface area contributed by atoms with E-state index in [1.54, 1.807) is 11.3 Å². The second-order valence-corrected chi connectivity index (χ2v) is 5.91. The molecular weight excluding hydrogens is 252 g/mol. The maximum absolute atomic E-state index is 6.33. The van der Waals surface area contributed by atoms with E-state index in [0.717, 1.165) is 13.0 Å². The molecule has 0 fully saturated rings. The van der Waals surface area contributed by atoms with Gasteiger partial charge in [0.05, 0.1) is 6.04 Å². The van der Waals surface area contributed by atoms with Crippen LogP contribution in [0.15, 0.2) is 47.8 Å². The summed E-state index contributed by atoms with van der Waals surface area (Å²) >= 11 is 1.79. The molecule has 0 spiro atoms. The van der Waals surface area contributed by atoms with Crippen molar-refractivity contribution in [2.75, 3.05) is 7.05 Å². The summed E-state index contributed by atoms with van der Waals surface area (Å²) in [5.41, 5.74) is 7.66. The number of nitrogens with two attached hydrogens (primary N) is 1. The summed E-state index contributed by atoms with van der Waals surface area (Å²) in [4.78, 5) is 3.71. The van der Waals surface area contributed by atoms with Crippen LogP contribution in [0.3, 0.4) is 0 Å². The molecule has 2 N–H and O–H groups in total. The molecule has 0 aliphatic heterocycles. The SMILES string of the molecule is CCC(N)C(c1cccs1)N(C)Cc1ccccc1. The van der Waals surface area contributed by atoms with E-state index in [9.17, 15) is 0 Å². The van der Waals surface area contributed by atoms with Crippen molar-refractivity contribution in [1.29, 1.82) is 0 Å². The summed E-state index contributed by atoms with van der Waals surface area (Å²) in [6.07, 6.45) is 0.988. The minimum atomic E-state index is 0.173. The molecule has 2 aromatic rings. The fraction of sp³-hybridized carbons (Fsp3) is 0.375. The fourth-order valence-electron chi connectivity index (χ4n) is 2.41. The van der Waals surface area contributed by atoms with E-state index in [2.05, 4.69) is 66.7 Å². The van der Waals surface area contributed by atoms with Gasteiger partial charge >= 0.3 is 0 Å². The van der Waals surface area contributed by atoms with Crippen molar-refractivity contribution in [2.24, 2.45) is 5.73 Å². The van der Waals surface area contributed by atoms with Crippen LogP contribution in [-0.2, 0) is 6.54 Å². The Bertz CT molecular complexity index is 467. The Morgan fingerprint density at radius 1 is 1.16 bits per heavy atom. The van der Waals surface area contributed by atoms with E-state index in [1.807, 2.05) is 0 Å². The smallest absolute Gasteiger partial charge is 0.0593 e. The highest BCUT2D eigenvalue weighted by atomic mass is 32.1. The molecule has 0 aliphatic rings. The number of hydrogen-bond donors (Lipinski definition) is 1. The fourth-order valence-corrected chi connectivity index (χ4v) is 3.37. The lowest BCUT2D eigenvalue weighted by Gasteiger charge is -2.31. The van der Waals surface area contributed by atoms with Gasteiger partial charge in [0, 0.05) is 17.5 Å². The summed E-state index contributed by atoms with van der Waals surface area (Å²) in [5, 5.41) is 2.13. The summed E-state index contributed by atoms with van der Waals surface area (Å²) in [6, 6.07) is 15.3. The third-order valence-corrected chi connectivity index (χ3v) is 4.40. The van der Waals surface area contributed by atoms with Crippen LogP contribution in [0, 0.1) is 0 Å². The zero-order valence-electron chi connectivity index (χ0n) is 11.6. The van der Waals surface area contributed by atoms with Gasteiger partial charge in [-0.05, 0) is 30.5 Å². The van der Waals surface area contributed by atoms with Crippen LogP contribution in [-0.4, -0.2) is 18.0 Å². The van der Waals surface area contributed by atoms with E-state index in [4.69, 9.17) is 5.73 Å². The Morgan fingerprint density at radius 2 is 1.89 bits per heavy atom. The molecule has 2 rings (SSSR count). The highest BCUT2D eigenvalue weighted by Gasteiger charge is 2.23. The Balaban J connectivity index is 2.14. The third kappa shape index (κ3) is 3.66. The van der Waals surface area contributed by atoms with Crippen molar-refractivity contribution in [3.05, 3.63) is 58.3 Å². The second kappa shape index (κ2) is 6.85. The van der Waals surface area contributed by atoms with Crippen molar-refractivity contribution >= 4 is 11.3 Å². The van der Waals surface area contributed by atoms with Gasteiger partial charge in [0.2, 0.25) is 0 Å². The summed E-state index contributed by atoms with van der Waals surface area (Å²) in [7, 11) is 2.16. The van der Waals surface area contributed by atoms with Gasteiger partial charge < -0.3 is 5.73 Å². The normalized spacial score (nSPS) is 14.5. The van der Waals surface area contributed by atoms with Crippen molar-refractivity contribution in [2.45, 2.75) is 32.0 Å². The van der Waals surface area contributed by atoms with Crippen molar-refractivity contribution in [3.63, 3.8) is 0 Å². The predicted molar refractivity (Wildman–Crippen MR) is 83.2 cm³/mol. The zero-order chi connectivity index (χ0) is 13.7. The molecule has 102 valence electrons. The van der Waals surface area contributed by atoms with Gasteiger partial charge in [-0.3, -0.25) is 4.90 Å². The first kappa shape index (κ1) is 14.3. The predicted octanol–water partition coefficient (Wildman–Crippen LogP) is 3.66. The molecule has 1 aromatic heterocycles. The van der Waals surface area contributed by atoms with Gasteiger partial charge in [0.15, 0.2) is 0 Å². The van der Waals surface area contributed by atoms with Crippen LogP contribution in [0.1, 0.15) is 29.8 Å². The first-order chi connectivity index (χ1) is 9.22. The number of hydrogen-bond acceptors (Lipinski definition) is 3. The highest BCUT2D eigenvalue weighted by Crippen LogP contribution is 2.28. The van der Waals surface area contributed by atoms with E-state index in [-0.39, 0.29) is 6.04 Å². The standard InChI is InChI=1S/C16H22N2S/c1-3-14(17)16(15-10-7-11-19-15)18(2)12-13-8-5-4-6-9-13/h4-11,14,16H,3,12,17H2,1-2H3. The van der Waals surface area contributed by atoms with Crippen molar-refractivity contribution < 1.29 is 0 Å². The number of benzene rings is 1. The third-order valence-electron chi connectivity index (χ3n) is 3.46. The summed E-state index contributed by atoms with van der Waals surface area (Å²) < 4.78 is 0. The van der Waals surface area contributed by atoms with Crippen LogP contribution in [0.5, 0.6) is 0 Å². The van der Waals surface area contributed by atoms with Crippen molar-refractivity contribution in [1.82, 2.24) is 4.90 Å². The molecule has 1 aromatic carbocycles. The van der Waals surface area contributed by atoms with Gasteiger partial charge in [0.1, 0.15) is 0 Å². The molecule has 0 bridgehead atoms. The summed E-state index contributed by atoms with van der Waals surface area (Å²) in [5.74, 6) is 0. The molecule has 19 heavy (non-hydrogen) atoms. The first-order valence-electron chi connectivity index (χ1n) is 6.75. The van der Waals surface area contributed by atoms with E-state index < -0.39 is 0 Å². The first-order valence-corrected chi connectivity index (χ1v) is 7.63. The minimum Gasteiger partial charge on any atom is -0.326 e. The van der Waals surface area contributed by atoms with Gasteiger partial charge in [-0.25, -0.2) is 0 Å². The molecule has 0 saturated heterocycles. The van der Waals surface area contributed by atoms with Gasteiger partial charge in [0.25, 0.3) is 0 Å². The van der Waals surface area contributed by atoms with Crippen LogP contribution in [0.4, 0.5) is 0 Å². The Kier molecular flexibility index (Phi) is 5.14. The van der Waals surface area contributed by atoms with Crippen LogP contribution < -0.4 is 5.73 Å². The minimum absolute atomic E-state index is 0.173. The number of thiophene rings is 1. The number of nitrogens with zero attached hydrogens (tertiary/aromatic N) is 1. The molecule has 0 aliphatic carbocycles. The maximum Gasteiger partial charge on any atom is 0.0593 e. The molecule has 3 heteroatoms. The number of rotatable bonds is 6. The summed E-state index contributed by atoms with van der Waals surface area (Å²) in [6.45, 7) is 3.08. The lowest BCUT2D eigenvalue weighted by Crippen LogP contribution is -2.38. The topological polar surface area (TPSA) is 29.3 Å². The van der Waals surface area contributed by atoms with Crippen LogP contribution in [0.2, 0.25) is 0 Å². The second-order valence-electron chi connectivity index (χ2n) is 4.93. The average Bonchev–Trinajstić information content (AvgIpc) is 2.93. The zero-order valence-corrected chi connectivity index (χ0v) is 12.4. The largest absolute Gasteiger partial charge is 0.326 e. The van der Waals surface area contributed by atoms with Crippen molar-refractivity contribution in [3.8, 4) is 0 Å². The molecule has 2 atom stereocenters.